The third-order valence-corrected chi connectivity index (χ3v) is 4.51. The van der Waals surface area contributed by atoms with Gasteiger partial charge in [0, 0.05) is 19.6 Å². The molecule has 106 valence electrons. The monoisotopic (exact) mass is 276 g/mol. The average molecular weight is 276 g/mol. The summed E-state index contributed by atoms with van der Waals surface area (Å²) in [5.41, 5.74) is 0. The van der Waals surface area contributed by atoms with Crippen molar-refractivity contribution in [3.05, 3.63) is 0 Å². The van der Waals surface area contributed by atoms with Gasteiger partial charge in [0.15, 0.2) is 0 Å². The van der Waals surface area contributed by atoms with Crippen molar-refractivity contribution in [2.45, 2.75) is 33.1 Å². The van der Waals surface area contributed by atoms with Crippen molar-refractivity contribution in [2.24, 2.45) is 11.8 Å². The number of nitrogens with zero attached hydrogens (tertiary/aromatic N) is 1. The van der Waals surface area contributed by atoms with Crippen molar-refractivity contribution in [1.29, 1.82) is 0 Å². The molecule has 6 heteroatoms. The third kappa shape index (κ3) is 4.94. The number of rotatable bonds is 5. The van der Waals surface area contributed by atoms with Crippen molar-refractivity contribution in [3.8, 4) is 0 Å². The second-order valence-corrected chi connectivity index (χ2v) is 7.42. The molecule has 5 nitrogen and oxygen atoms in total. The van der Waals surface area contributed by atoms with Gasteiger partial charge in [-0.25, -0.2) is 12.7 Å². The summed E-state index contributed by atoms with van der Waals surface area (Å²) < 4.78 is 24.3. The topological polar surface area (TPSA) is 66.5 Å². The van der Waals surface area contributed by atoms with Gasteiger partial charge in [-0.2, -0.15) is 0 Å². The highest BCUT2D eigenvalue weighted by atomic mass is 32.2. The molecule has 1 amide bonds. The summed E-state index contributed by atoms with van der Waals surface area (Å²) >= 11 is 0. The molecule has 0 aromatic heterocycles. The second kappa shape index (κ2) is 6.52. The quantitative estimate of drug-likeness (QED) is 0.808. The first-order chi connectivity index (χ1) is 8.30. The molecular formula is C12H24N2O3S. The fraction of sp³-hybridized carbons (Fsp3) is 0.917. The van der Waals surface area contributed by atoms with Crippen LogP contribution in [0.1, 0.15) is 33.1 Å². The zero-order valence-electron chi connectivity index (χ0n) is 11.5. The van der Waals surface area contributed by atoms with Crippen LogP contribution in [0, 0.1) is 11.8 Å². The molecular weight excluding hydrogens is 252 g/mol. The van der Waals surface area contributed by atoms with E-state index in [0.29, 0.717) is 25.6 Å². The Labute approximate surface area is 110 Å². The number of carbonyl (C=O) groups excluding carboxylic acids is 1. The third-order valence-electron chi connectivity index (χ3n) is 3.24. The second-order valence-electron chi connectivity index (χ2n) is 5.43. The van der Waals surface area contributed by atoms with E-state index in [1.54, 1.807) is 0 Å². The molecule has 0 radical (unpaired) electrons. The van der Waals surface area contributed by atoms with Gasteiger partial charge in [0.1, 0.15) is 0 Å². The standard InChI is InChI=1S/C12H24N2O3S/c1-10(2)6-7-13-12(15)11-5-4-8-14(9-11)18(3,16)17/h10-11H,4-9H2,1-3H3,(H,13,15)/t11-/m1/s1. The zero-order valence-corrected chi connectivity index (χ0v) is 12.3. The van der Waals surface area contributed by atoms with Gasteiger partial charge < -0.3 is 5.32 Å². The summed E-state index contributed by atoms with van der Waals surface area (Å²) in [5, 5.41) is 2.90. The molecule has 1 saturated heterocycles. The van der Waals surface area contributed by atoms with E-state index in [-0.39, 0.29) is 11.8 Å². The average Bonchev–Trinajstić information content (AvgIpc) is 2.27. The SMILES string of the molecule is CC(C)CCNC(=O)[C@@H]1CCCN(S(C)(=O)=O)C1. The lowest BCUT2D eigenvalue weighted by molar-refractivity contribution is -0.126. The Morgan fingerprint density at radius 2 is 2.11 bits per heavy atom. The van der Waals surface area contributed by atoms with Crippen LogP contribution in [0.25, 0.3) is 0 Å². The van der Waals surface area contributed by atoms with Gasteiger partial charge in [-0.05, 0) is 25.2 Å². The molecule has 0 unspecified atom stereocenters. The number of carbonyl (C=O) groups is 1. The van der Waals surface area contributed by atoms with Gasteiger partial charge in [0.2, 0.25) is 15.9 Å². The van der Waals surface area contributed by atoms with E-state index in [1.807, 2.05) is 0 Å². The van der Waals surface area contributed by atoms with E-state index in [9.17, 15) is 13.2 Å². The van der Waals surface area contributed by atoms with Crippen LogP contribution < -0.4 is 5.32 Å². The molecule has 0 spiro atoms. The van der Waals surface area contributed by atoms with Gasteiger partial charge in [0.25, 0.3) is 0 Å². The molecule has 0 aliphatic carbocycles. The first kappa shape index (κ1) is 15.4. The molecule has 0 bridgehead atoms. The van der Waals surface area contributed by atoms with Crippen molar-refractivity contribution in [1.82, 2.24) is 9.62 Å². The highest BCUT2D eigenvalue weighted by Gasteiger charge is 2.29. The van der Waals surface area contributed by atoms with E-state index < -0.39 is 10.0 Å². The fourth-order valence-corrected chi connectivity index (χ4v) is 3.00. The van der Waals surface area contributed by atoms with Crippen LogP contribution in [0.4, 0.5) is 0 Å². The maximum absolute atomic E-state index is 11.9. The van der Waals surface area contributed by atoms with Crippen LogP contribution in [0.5, 0.6) is 0 Å². The zero-order chi connectivity index (χ0) is 13.8. The number of hydrogen-bond donors (Lipinski definition) is 1. The normalized spacial score (nSPS) is 22.1. The smallest absolute Gasteiger partial charge is 0.224 e. The number of nitrogens with one attached hydrogen (secondary N) is 1. The molecule has 1 N–H and O–H groups in total. The Morgan fingerprint density at radius 1 is 1.44 bits per heavy atom. The fourth-order valence-electron chi connectivity index (χ4n) is 2.09. The van der Waals surface area contributed by atoms with Crippen LogP contribution >= 0.6 is 0 Å². The molecule has 0 aromatic rings. The first-order valence-corrected chi connectivity index (χ1v) is 8.38. The van der Waals surface area contributed by atoms with Gasteiger partial charge in [-0.1, -0.05) is 13.8 Å². The Morgan fingerprint density at radius 3 is 2.67 bits per heavy atom. The lowest BCUT2D eigenvalue weighted by atomic mass is 9.98. The van der Waals surface area contributed by atoms with Crippen molar-refractivity contribution < 1.29 is 13.2 Å². The van der Waals surface area contributed by atoms with Gasteiger partial charge >= 0.3 is 0 Å². The van der Waals surface area contributed by atoms with Crippen LogP contribution in [0.15, 0.2) is 0 Å². The van der Waals surface area contributed by atoms with Gasteiger partial charge in [-0.3, -0.25) is 4.79 Å². The van der Waals surface area contributed by atoms with Crippen LogP contribution in [0.2, 0.25) is 0 Å². The minimum absolute atomic E-state index is 0.0102. The highest BCUT2D eigenvalue weighted by Crippen LogP contribution is 2.18. The molecule has 1 aliphatic heterocycles. The van der Waals surface area contributed by atoms with Crippen molar-refractivity contribution in [2.75, 3.05) is 25.9 Å². The lowest BCUT2D eigenvalue weighted by Gasteiger charge is -2.30. The Balaban J connectivity index is 2.44. The molecule has 0 saturated carbocycles. The first-order valence-electron chi connectivity index (χ1n) is 6.53. The number of sulfonamides is 1. The summed E-state index contributed by atoms with van der Waals surface area (Å²) in [5.74, 6) is 0.355. The van der Waals surface area contributed by atoms with E-state index in [1.165, 1.54) is 10.6 Å². The molecule has 1 heterocycles. The summed E-state index contributed by atoms with van der Waals surface area (Å²) in [6, 6.07) is 0. The van der Waals surface area contributed by atoms with Crippen molar-refractivity contribution in [3.63, 3.8) is 0 Å². The number of piperidine rings is 1. The Kier molecular flexibility index (Phi) is 5.59. The van der Waals surface area contributed by atoms with E-state index in [4.69, 9.17) is 0 Å². The van der Waals surface area contributed by atoms with Crippen LogP contribution in [-0.2, 0) is 14.8 Å². The van der Waals surface area contributed by atoms with Crippen LogP contribution in [-0.4, -0.2) is 44.5 Å². The summed E-state index contributed by atoms with van der Waals surface area (Å²) in [7, 11) is -3.17. The molecule has 1 rings (SSSR count). The minimum Gasteiger partial charge on any atom is -0.356 e. The predicted molar refractivity (Wildman–Crippen MR) is 71.6 cm³/mol. The van der Waals surface area contributed by atoms with Gasteiger partial charge in [-0.15, -0.1) is 0 Å². The van der Waals surface area contributed by atoms with E-state index in [0.717, 1.165) is 19.3 Å². The minimum atomic E-state index is -3.17. The maximum atomic E-state index is 11.9. The molecule has 1 fully saturated rings. The molecule has 1 atom stereocenters. The molecule has 1 aliphatic rings. The Bertz CT molecular complexity index is 379. The maximum Gasteiger partial charge on any atom is 0.224 e. The highest BCUT2D eigenvalue weighted by molar-refractivity contribution is 7.88. The summed E-state index contributed by atoms with van der Waals surface area (Å²) in [6.07, 6.45) is 3.69. The lowest BCUT2D eigenvalue weighted by Crippen LogP contribution is -2.45. The number of amides is 1. The predicted octanol–water partition coefficient (Wildman–Crippen LogP) is 0.820. The molecule has 0 aromatic carbocycles. The van der Waals surface area contributed by atoms with Gasteiger partial charge in [0.05, 0.1) is 12.2 Å². The molecule has 18 heavy (non-hydrogen) atoms. The van der Waals surface area contributed by atoms with Crippen molar-refractivity contribution >= 4 is 15.9 Å². The summed E-state index contributed by atoms with van der Waals surface area (Å²) in [6.45, 7) is 5.75. The van der Waals surface area contributed by atoms with E-state index >= 15 is 0 Å². The Hall–Kier alpha value is -0.620. The van der Waals surface area contributed by atoms with Crippen LogP contribution in [0.3, 0.4) is 0 Å². The van der Waals surface area contributed by atoms with E-state index in [2.05, 4.69) is 19.2 Å². The number of hydrogen-bond acceptors (Lipinski definition) is 3. The largest absolute Gasteiger partial charge is 0.356 e. The summed E-state index contributed by atoms with van der Waals surface area (Å²) in [4.78, 5) is 11.9.